The number of hydrogen-bond donors (Lipinski definition) is 2. The highest BCUT2D eigenvalue weighted by Crippen LogP contribution is 2.39. The minimum absolute atomic E-state index is 0.199. The third-order valence-electron chi connectivity index (χ3n) is 4.96. The van der Waals surface area contributed by atoms with E-state index in [0.717, 1.165) is 25.2 Å². The molecule has 2 aliphatic rings. The Labute approximate surface area is 104 Å². The number of likely N-dealkylation sites (N-methyl/N-ethyl adjacent to an activating group) is 1. The van der Waals surface area contributed by atoms with Crippen LogP contribution in [0.15, 0.2) is 0 Å². The number of rotatable bonds is 5. The number of amides is 1. The fourth-order valence-corrected chi connectivity index (χ4v) is 3.18. The molecule has 2 saturated carbocycles. The van der Waals surface area contributed by atoms with Crippen molar-refractivity contribution in [3.63, 3.8) is 0 Å². The molecule has 0 aromatic heterocycles. The van der Waals surface area contributed by atoms with Crippen molar-refractivity contribution in [3.8, 4) is 0 Å². The maximum Gasteiger partial charge on any atom is 0.237 e. The van der Waals surface area contributed by atoms with Gasteiger partial charge in [0.15, 0.2) is 0 Å². The predicted octanol–water partition coefficient (Wildman–Crippen LogP) is 0.713. The van der Waals surface area contributed by atoms with Crippen molar-refractivity contribution >= 4 is 5.91 Å². The summed E-state index contributed by atoms with van der Waals surface area (Å²) >= 11 is 0. The first-order valence-electron chi connectivity index (χ1n) is 6.71. The molecule has 17 heavy (non-hydrogen) atoms. The van der Waals surface area contributed by atoms with Crippen LogP contribution in [0.4, 0.5) is 0 Å². The molecule has 0 bridgehead atoms. The van der Waals surface area contributed by atoms with Gasteiger partial charge in [-0.15, -0.1) is 0 Å². The zero-order valence-electron chi connectivity index (χ0n) is 11.2. The fraction of sp³-hybridized carbons (Fsp3) is 0.923. The Morgan fingerprint density at radius 2 is 2.12 bits per heavy atom. The van der Waals surface area contributed by atoms with Crippen LogP contribution in [-0.2, 0) is 4.79 Å². The highest BCUT2D eigenvalue weighted by Gasteiger charge is 2.45. The monoisotopic (exact) mass is 239 g/mol. The lowest BCUT2D eigenvalue weighted by Crippen LogP contribution is -2.53. The average molecular weight is 239 g/mol. The zero-order chi connectivity index (χ0) is 12.6. The second-order valence-electron chi connectivity index (χ2n) is 5.84. The van der Waals surface area contributed by atoms with Gasteiger partial charge in [-0.25, -0.2) is 0 Å². The van der Waals surface area contributed by atoms with Crippen LogP contribution in [0.5, 0.6) is 0 Å². The molecule has 2 fully saturated rings. The van der Waals surface area contributed by atoms with Crippen LogP contribution in [0.1, 0.15) is 39.0 Å². The van der Waals surface area contributed by atoms with Crippen molar-refractivity contribution in [1.29, 1.82) is 0 Å². The Balaban J connectivity index is 1.98. The summed E-state index contributed by atoms with van der Waals surface area (Å²) in [7, 11) is 4.04. The first-order valence-corrected chi connectivity index (χ1v) is 6.71. The van der Waals surface area contributed by atoms with E-state index in [4.69, 9.17) is 5.73 Å². The van der Waals surface area contributed by atoms with Gasteiger partial charge in [-0.2, -0.15) is 0 Å². The van der Waals surface area contributed by atoms with Crippen molar-refractivity contribution in [3.05, 3.63) is 0 Å². The third kappa shape index (κ3) is 2.33. The third-order valence-corrected chi connectivity index (χ3v) is 4.96. The van der Waals surface area contributed by atoms with Gasteiger partial charge in [0.2, 0.25) is 5.91 Å². The number of hydrogen-bond acceptors (Lipinski definition) is 3. The van der Waals surface area contributed by atoms with Gasteiger partial charge < -0.3 is 16.0 Å². The Morgan fingerprint density at radius 1 is 1.47 bits per heavy atom. The zero-order valence-corrected chi connectivity index (χ0v) is 11.2. The minimum Gasteiger partial charge on any atom is -0.368 e. The molecular weight excluding hydrogens is 214 g/mol. The highest BCUT2D eigenvalue weighted by atomic mass is 16.1. The summed E-state index contributed by atoms with van der Waals surface area (Å²) in [6, 6.07) is 1.13. The van der Waals surface area contributed by atoms with Crippen LogP contribution in [-0.4, -0.2) is 42.5 Å². The summed E-state index contributed by atoms with van der Waals surface area (Å²) in [5.74, 6) is 0.674. The summed E-state index contributed by atoms with van der Waals surface area (Å²) < 4.78 is 0. The highest BCUT2D eigenvalue weighted by molar-refractivity contribution is 5.85. The number of carbonyl (C=O) groups is 1. The topological polar surface area (TPSA) is 58.4 Å². The molecule has 4 nitrogen and oxygen atoms in total. The second-order valence-corrected chi connectivity index (χ2v) is 5.84. The van der Waals surface area contributed by atoms with Crippen LogP contribution < -0.4 is 11.1 Å². The van der Waals surface area contributed by atoms with Crippen LogP contribution in [0.2, 0.25) is 0 Å². The summed E-state index contributed by atoms with van der Waals surface area (Å²) in [6.07, 6.45) is 5.52. The second kappa shape index (κ2) is 4.58. The average Bonchev–Trinajstić information content (AvgIpc) is 3.06. The Bertz CT molecular complexity index is 303. The molecule has 2 rings (SSSR count). The molecule has 3 unspecified atom stereocenters. The largest absolute Gasteiger partial charge is 0.368 e. The van der Waals surface area contributed by atoms with Gasteiger partial charge in [-0.3, -0.25) is 4.79 Å². The summed E-state index contributed by atoms with van der Waals surface area (Å²) in [5.41, 5.74) is 5.06. The molecule has 0 radical (unpaired) electrons. The first kappa shape index (κ1) is 12.8. The van der Waals surface area contributed by atoms with Gasteiger partial charge in [0.05, 0.1) is 5.54 Å². The molecule has 0 aromatic rings. The van der Waals surface area contributed by atoms with Gasteiger partial charge in [0, 0.05) is 12.1 Å². The van der Waals surface area contributed by atoms with E-state index in [0.29, 0.717) is 12.1 Å². The van der Waals surface area contributed by atoms with Gasteiger partial charge in [-0.1, -0.05) is 0 Å². The summed E-state index contributed by atoms with van der Waals surface area (Å²) in [5, 5.41) is 3.14. The molecule has 1 amide bonds. The SMILES string of the molecule is CNC1(C(N)=O)CCC(N(C)C(C)C2CC2)C1. The van der Waals surface area contributed by atoms with E-state index in [2.05, 4.69) is 24.2 Å². The van der Waals surface area contributed by atoms with Crippen molar-refractivity contribution < 1.29 is 4.79 Å². The molecule has 2 aliphatic carbocycles. The van der Waals surface area contributed by atoms with Crippen molar-refractivity contribution in [2.75, 3.05) is 14.1 Å². The number of nitrogens with zero attached hydrogens (tertiary/aromatic N) is 1. The van der Waals surface area contributed by atoms with E-state index in [9.17, 15) is 4.79 Å². The lowest BCUT2D eigenvalue weighted by Gasteiger charge is -2.32. The molecule has 3 N–H and O–H groups in total. The maximum atomic E-state index is 11.6. The number of nitrogens with two attached hydrogens (primary N) is 1. The Morgan fingerprint density at radius 3 is 2.53 bits per heavy atom. The van der Waals surface area contributed by atoms with Crippen LogP contribution in [0.3, 0.4) is 0 Å². The Kier molecular flexibility index (Phi) is 3.46. The smallest absolute Gasteiger partial charge is 0.237 e. The lowest BCUT2D eigenvalue weighted by atomic mass is 9.96. The van der Waals surface area contributed by atoms with E-state index in [-0.39, 0.29) is 5.91 Å². The van der Waals surface area contributed by atoms with Crippen LogP contribution >= 0.6 is 0 Å². The lowest BCUT2D eigenvalue weighted by molar-refractivity contribution is -0.124. The molecule has 0 saturated heterocycles. The molecule has 0 aromatic carbocycles. The standard InChI is InChI=1S/C13H25N3O/c1-9(10-4-5-10)16(3)11-6-7-13(8-11,15-2)12(14)17/h9-11,15H,4-8H2,1-3H3,(H2,14,17). The van der Waals surface area contributed by atoms with Crippen molar-refractivity contribution in [1.82, 2.24) is 10.2 Å². The van der Waals surface area contributed by atoms with E-state index in [1.165, 1.54) is 12.8 Å². The van der Waals surface area contributed by atoms with Crippen LogP contribution in [0.25, 0.3) is 0 Å². The molecule has 0 aliphatic heterocycles. The van der Waals surface area contributed by atoms with Crippen LogP contribution in [0, 0.1) is 5.92 Å². The van der Waals surface area contributed by atoms with Crippen molar-refractivity contribution in [2.45, 2.75) is 56.7 Å². The van der Waals surface area contributed by atoms with E-state index >= 15 is 0 Å². The summed E-state index contributed by atoms with van der Waals surface area (Å²) in [6.45, 7) is 2.31. The minimum atomic E-state index is -0.470. The van der Waals surface area contributed by atoms with Gasteiger partial charge in [-0.05, 0) is 59.0 Å². The van der Waals surface area contributed by atoms with E-state index in [1.807, 2.05) is 7.05 Å². The molecule has 0 heterocycles. The predicted molar refractivity (Wildman–Crippen MR) is 68.6 cm³/mol. The fourth-order valence-electron chi connectivity index (χ4n) is 3.18. The number of primary amides is 1. The molecule has 98 valence electrons. The molecular formula is C13H25N3O. The Hall–Kier alpha value is -0.610. The van der Waals surface area contributed by atoms with E-state index in [1.54, 1.807) is 0 Å². The summed E-state index contributed by atoms with van der Waals surface area (Å²) in [4.78, 5) is 14.0. The number of nitrogens with one attached hydrogen (secondary N) is 1. The quantitative estimate of drug-likeness (QED) is 0.743. The molecule has 3 atom stereocenters. The van der Waals surface area contributed by atoms with Gasteiger partial charge in [0.25, 0.3) is 0 Å². The van der Waals surface area contributed by atoms with Crippen molar-refractivity contribution in [2.24, 2.45) is 11.7 Å². The maximum absolute atomic E-state index is 11.6. The van der Waals surface area contributed by atoms with Gasteiger partial charge in [0.1, 0.15) is 0 Å². The van der Waals surface area contributed by atoms with E-state index < -0.39 is 5.54 Å². The normalized spacial score (nSPS) is 35.2. The van der Waals surface area contributed by atoms with Gasteiger partial charge >= 0.3 is 0 Å². The molecule has 4 heteroatoms. The first-order chi connectivity index (χ1) is 8.00. The molecule has 0 spiro atoms. The number of carbonyl (C=O) groups excluding carboxylic acids is 1.